The maximum Gasteiger partial charge on any atom is 0.231 e. The average Bonchev–Trinajstić information content (AvgIpc) is 2.76. The molecule has 0 radical (unpaired) electrons. The van der Waals surface area contributed by atoms with E-state index in [9.17, 15) is 0 Å². The van der Waals surface area contributed by atoms with Gasteiger partial charge in [0.2, 0.25) is 5.88 Å². The van der Waals surface area contributed by atoms with Gasteiger partial charge in [-0.3, -0.25) is 0 Å². The molecular formula is C17H18N2O2S. The number of aryl methyl sites for hydroxylation is 3. The Bertz CT molecular complexity index is 827. The average molecular weight is 314 g/mol. The fourth-order valence-electron chi connectivity index (χ4n) is 2.30. The van der Waals surface area contributed by atoms with E-state index >= 15 is 0 Å². The highest BCUT2D eigenvalue weighted by atomic mass is 32.1. The Morgan fingerprint density at radius 3 is 2.50 bits per heavy atom. The molecule has 0 aliphatic rings. The first-order chi connectivity index (χ1) is 10.6. The van der Waals surface area contributed by atoms with Crippen molar-refractivity contribution < 1.29 is 9.47 Å². The van der Waals surface area contributed by atoms with Crippen LogP contribution in [0, 0.1) is 20.8 Å². The predicted octanol–water partition coefficient (Wildman–Crippen LogP) is 4.81. The van der Waals surface area contributed by atoms with Gasteiger partial charge in [0.05, 0.1) is 12.0 Å². The Kier molecular flexibility index (Phi) is 3.98. The van der Waals surface area contributed by atoms with E-state index < -0.39 is 0 Å². The van der Waals surface area contributed by atoms with Gasteiger partial charge in [-0.1, -0.05) is 12.1 Å². The number of thiophene rings is 1. The molecule has 0 aliphatic carbocycles. The van der Waals surface area contributed by atoms with Gasteiger partial charge in [-0.25, -0.2) is 4.98 Å². The molecule has 0 fully saturated rings. The van der Waals surface area contributed by atoms with Crippen LogP contribution in [0.5, 0.6) is 17.4 Å². The fraction of sp³-hybridized carbons (Fsp3) is 0.294. The van der Waals surface area contributed by atoms with E-state index in [-0.39, 0.29) is 0 Å². The quantitative estimate of drug-likeness (QED) is 0.693. The number of rotatable bonds is 4. The van der Waals surface area contributed by atoms with E-state index in [1.54, 1.807) is 11.3 Å². The molecule has 1 aromatic carbocycles. The highest BCUT2D eigenvalue weighted by Crippen LogP contribution is 2.38. The lowest BCUT2D eigenvalue weighted by atomic mass is 10.2. The zero-order valence-electron chi connectivity index (χ0n) is 13.1. The Hall–Kier alpha value is -2.14. The van der Waals surface area contributed by atoms with Crippen LogP contribution in [0.2, 0.25) is 0 Å². The molecule has 0 N–H and O–H groups in total. The van der Waals surface area contributed by atoms with Crippen molar-refractivity contribution in [3.05, 3.63) is 40.5 Å². The van der Waals surface area contributed by atoms with Crippen molar-refractivity contribution in [2.75, 3.05) is 6.61 Å². The van der Waals surface area contributed by atoms with Gasteiger partial charge >= 0.3 is 0 Å². The standard InChI is InChI=1S/C17H18N2O2S/c1-5-20-13-8-6-7-9-14(13)21-16-15-10(2)11(3)22-17(15)19-12(4)18-16/h6-9H,5H2,1-4H3. The molecule has 0 aliphatic heterocycles. The van der Waals surface area contributed by atoms with Crippen LogP contribution in [0.15, 0.2) is 24.3 Å². The number of hydrogen-bond acceptors (Lipinski definition) is 5. The van der Waals surface area contributed by atoms with Gasteiger partial charge in [0, 0.05) is 4.88 Å². The maximum atomic E-state index is 6.08. The fourth-order valence-corrected chi connectivity index (χ4v) is 3.37. The Morgan fingerprint density at radius 1 is 1.05 bits per heavy atom. The number of ether oxygens (including phenoxy) is 2. The third-order valence-electron chi connectivity index (χ3n) is 3.46. The number of aromatic nitrogens is 2. The summed E-state index contributed by atoms with van der Waals surface area (Å²) in [6.07, 6.45) is 0. The summed E-state index contributed by atoms with van der Waals surface area (Å²) in [4.78, 5) is 11.2. The van der Waals surface area contributed by atoms with Crippen LogP contribution in [0.1, 0.15) is 23.2 Å². The van der Waals surface area contributed by atoms with Crippen molar-refractivity contribution in [2.24, 2.45) is 0 Å². The molecule has 22 heavy (non-hydrogen) atoms. The summed E-state index contributed by atoms with van der Waals surface area (Å²) in [5.41, 5.74) is 1.17. The zero-order chi connectivity index (χ0) is 15.7. The normalized spacial score (nSPS) is 10.9. The van der Waals surface area contributed by atoms with Crippen LogP contribution in [0.25, 0.3) is 10.2 Å². The molecule has 0 bridgehead atoms. The largest absolute Gasteiger partial charge is 0.490 e. The van der Waals surface area contributed by atoms with Crippen molar-refractivity contribution in [3.63, 3.8) is 0 Å². The van der Waals surface area contributed by atoms with E-state index in [2.05, 4.69) is 23.8 Å². The first-order valence-corrected chi connectivity index (χ1v) is 8.05. The van der Waals surface area contributed by atoms with E-state index in [0.29, 0.717) is 24.1 Å². The third kappa shape index (κ3) is 2.64. The van der Waals surface area contributed by atoms with E-state index in [1.807, 2.05) is 38.1 Å². The minimum atomic E-state index is 0.592. The summed E-state index contributed by atoms with van der Waals surface area (Å²) in [5, 5.41) is 0.986. The Labute approximate surface area is 133 Å². The molecule has 3 aromatic rings. The van der Waals surface area contributed by atoms with E-state index in [4.69, 9.17) is 9.47 Å². The van der Waals surface area contributed by atoms with Gasteiger partial charge in [-0.05, 0) is 45.4 Å². The topological polar surface area (TPSA) is 44.2 Å². The van der Waals surface area contributed by atoms with Crippen molar-refractivity contribution in [1.29, 1.82) is 0 Å². The van der Waals surface area contributed by atoms with Crippen LogP contribution in [0.4, 0.5) is 0 Å². The Balaban J connectivity index is 2.11. The maximum absolute atomic E-state index is 6.08. The summed E-state index contributed by atoms with van der Waals surface area (Å²) < 4.78 is 11.7. The molecule has 0 unspecified atom stereocenters. The molecule has 0 saturated heterocycles. The highest BCUT2D eigenvalue weighted by molar-refractivity contribution is 7.18. The molecule has 2 aromatic heterocycles. The lowest BCUT2D eigenvalue weighted by Crippen LogP contribution is -1.98. The van der Waals surface area contributed by atoms with Crippen LogP contribution >= 0.6 is 11.3 Å². The van der Waals surface area contributed by atoms with Crippen LogP contribution < -0.4 is 9.47 Å². The summed E-state index contributed by atoms with van der Waals surface area (Å²) >= 11 is 1.67. The highest BCUT2D eigenvalue weighted by Gasteiger charge is 2.16. The number of fused-ring (bicyclic) bond motifs is 1. The van der Waals surface area contributed by atoms with Gasteiger partial charge < -0.3 is 9.47 Å². The summed E-state index contributed by atoms with van der Waals surface area (Å²) in [6.45, 7) is 8.60. The molecule has 3 rings (SSSR count). The third-order valence-corrected chi connectivity index (χ3v) is 4.56. The van der Waals surface area contributed by atoms with Gasteiger partial charge in [-0.15, -0.1) is 11.3 Å². The molecule has 0 saturated carbocycles. The first kappa shape index (κ1) is 14.8. The SMILES string of the molecule is CCOc1ccccc1Oc1nc(C)nc2sc(C)c(C)c12. The number of para-hydroxylation sites is 2. The minimum Gasteiger partial charge on any atom is -0.490 e. The summed E-state index contributed by atoms with van der Waals surface area (Å²) in [7, 11) is 0. The van der Waals surface area contributed by atoms with Crippen molar-refractivity contribution >= 4 is 21.6 Å². The monoisotopic (exact) mass is 314 g/mol. The van der Waals surface area contributed by atoms with E-state index in [1.165, 1.54) is 10.4 Å². The van der Waals surface area contributed by atoms with Crippen LogP contribution in [-0.2, 0) is 0 Å². The van der Waals surface area contributed by atoms with Gasteiger partial charge in [0.1, 0.15) is 10.7 Å². The number of benzene rings is 1. The Morgan fingerprint density at radius 2 is 1.77 bits per heavy atom. The second kappa shape index (κ2) is 5.93. The molecule has 2 heterocycles. The van der Waals surface area contributed by atoms with Crippen molar-refractivity contribution in [2.45, 2.75) is 27.7 Å². The molecular weight excluding hydrogens is 296 g/mol. The van der Waals surface area contributed by atoms with Gasteiger partial charge in [-0.2, -0.15) is 4.98 Å². The van der Waals surface area contributed by atoms with Gasteiger partial charge in [0.25, 0.3) is 0 Å². The lowest BCUT2D eigenvalue weighted by molar-refractivity contribution is 0.320. The smallest absolute Gasteiger partial charge is 0.231 e. The minimum absolute atomic E-state index is 0.592. The number of nitrogens with zero attached hydrogens (tertiary/aromatic N) is 2. The first-order valence-electron chi connectivity index (χ1n) is 7.24. The lowest BCUT2D eigenvalue weighted by Gasteiger charge is -2.12. The zero-order valence-corrected chi connectivity index (χ0v) is 14.0. The summed E-state index contributed by atoms with van der Waals surface area (Å²) in [5.74, 6) is 2.69. The van der Waals surface area contributed by atoms with Gasteiger partial charge in [0.15, 0.2) is 11.5 Å². The second-order valence-electron chi connectivity index (χ2n) is 5.02. The van der Waals surface area contributed by atoms with Crippen LogP contribution in [-0.4, -0.2) is 16.6 Å². The van der Waals surface area contributed by atoms with E-state index in [0.717, 1.165) is 16.0 Å². The molecule has 5 heteroatoms. The van der Waals surface area contributed by atoms with Crippen LogP contribution in [0.3, 0.4) is 0 Å². The molecule has 0 atom stereocenters. The molecule has 0 amide bonds. The van der Waals surface area contributed by atoms with Crippen molar-refractivity contribution in [3.8, 4) is 17.4 Å². The molecule has 114 valence electrons. The summed E-state index contributed by atoms with van der Waals surface area (Å²) in [6, 6.07) is 7.64. The molecule has 4 nitrogen and oxygen atoms in total. The second-order valence-corrected chi connectivity index (χ2v) is 6.22. The number of hydrogen-bond donors (Lipinski definition) is 0. The predicted molar refractivity (Wildman–Crippen MR) is 89.3 cm³/mol. The molecule has 0 spiro atoms. The van der Waals surface area contributed by atoms with Crippen molar-refractivity contribution in [1.82, 2.24) is 9.97 Å².